The van der Waals surface area contributed by atoms with Gasteiger partial charge in [-0.1, -0.05) is 6.92 Å². The summed E-state index contributed by atoms with van der Waals surface area (Å²) in [5, 5.41) is 0. The van der Waals surface area contributed by atoms with Crippen molar-refractivity contribution in [2.24, 2.45) is 0 Å². The molecule has 1 aromatic rings. The van der Waals surface area contributed by atoms with Crippen LogP contribution in [0.4, 0.5) is 13.2 Å². The van der Waals surface area contributed by atoms with E-state index in [0.717, 1.165) is 0 Å². The summed E-state index contributed by atoms with van der Waals surface area (Å²) in [5.41, 5.74) is -1.98. The monoisotopic (exact) mass is 316 g/mol. The van der Waals surface area contributed by atoms with E-state index in [4.69, 9.17) is 14.0 Å². The average molecular weight is 316 g/mol. The van der Waals surface area contributed by atoms with Gasteiger partial charge in [0.25, 0.3) is 0 Å². The summed E-state index contributed by atoms with van der Waals surface area (Å²) in [6.07, 6.45) is 0.572. The highest BCUT2D eigenvalue weighted by Crippen LogP contribution is 2.37. The Morgan fingerprint density at radius 3 is 2.09 bits per heavy atom. The molecule has 0 amide bonds. The highest BCUT2D eigenvalue weighted by Gasteiger charge is 2.53. The Morgan fingerprint density at radius 2 is 1.59 bits per heavy atom. The van der Waals surface area contributed by atoms with Crippen LogP contribution in [0, 0.1) is 17.5 Å². The molecular weight excluding hydrogens is 296 g/mol. The summed E-state index contributed by atoms with van der Waals surface area (Å²) in [6.45, 7) is 8.99. The summed E-state index contributed by atoms with van der Waals surface area (Å²) < 4.78 is 58.6. The van der Waals surface area contributed by atoms with Gasteiger partial charge in [0.15, 0.2) is 17.4 Å². The van der Waals surface area contributed by atoms with E-state index in [9.17, 15) is 13.2 Å². The molecule has 1 aliphatic rings. The van der Waals surface area contributed by atoms with Crippen LogP contribution in [0.5, 0.6) is 5.75 Å². The fourth-order valence-corrected chi connectivity index (χ4v) is 2.10. The Labute approximate surface area is 128 Å². The third-order valence-corrected chi connectivity index (χ3v) is 4.10. The van der Waals surface area contributed by atoms with Gasteiger partial charge in [0.1, 0.15) is 5.82 Å². The highest BCUT2D eigenvalue weighted by molar-refractivity contribution is 6.62. The molecule has 3 nitrogen and oxygen atoms in total. The quantitative estimate of drug-likeness (QED) is 0.799. The minimum atomic E-state index is -1.26. The molecule has 122 valence electrons. The van der Waals surface area contributed by atoms with Crippen LogP contribution in [-0.4, -0.2) is 24.9 Å². The fraction of sp³-hybridized carbons (Fsp3) is 0.600. The van der Waals surface area contributed by atoms with Gasteiger partial charge in [0.2, 0.25) is 0 Å². The van der Waals surface area contributed by atoms with Gasteiger partial charge in [-0.15, -0.1) is 0 Å². The summed E-state index contributed by atoms with van der Waals surface area (Å²) in [4.78, 5) is 0. The molecule has 0 radical (unpaired) electrons. The molecule has 0 aliphatic carbocycles. The van der Waals surface area contributed by atoms with Crippen molar-refractivity contribution in [1.82, 2.24) is 0 Å². The number of hydrogen-bond donors (Lipinski definition) is 0. The van der Waals surface area contributed by atoms with E-state index in [1.807, 2.05) is 0 Å². The first-order valence-corrected chi connectivity index (χ1v) is 7.26. The molecule has 22 heavy (non-hydrogen) atoms. The number of benzene rings is 1. The van der Waals surface area contributed by atoms with E-state index in [-0.39, 0.29) is 6.61 Å². The van der Waals surface area contributed by atoms with Crippen LogP contribution >= 0.6 is 0 Å². The van der Waals surface area contributed by atoms with E-state index in [0.29, 0.717) is 12.5 Å². The summed E-state index contributed by atoms with van der Waals surface area (Å²) in [5.74, 6) is -3.86. The van der Waals surface area contributed by atoms with Crippen LogP contribution in [0.25, 0.3) is 0 Å². The van der Waals surface area contributed by atoms with Crippen molar-refractivity contribution in [2.45, 2.75) is 52.2 Å². The Hall–Kier alpha value is -1.21. The van der Waals surface area contributed by atoms with Gasteiger partial charge >= 0.3 is 7.12 Å². The smallest absolute Gasteiger partial charge is 0.488 e. The maximum absolute atomic E-state index is 14.5. The zero-order chi connectivity index (χ0) is 16.7. The van der Waals surface area contributed by atoms with E-state index in [1.165, 1.54) is 0 Å². The Kier molecular flexibility index (Phi) is 4.50. The molecule has 2 rings (SSSR count). The van der Waals surface area contributed by atoms with E-state index >= 15 is 0 Å². The minimum absolute atomic E-state index is 0.127. The number of hydrogen-bond acceptors (Lipinski definition) is 3. The van der Waals surface area contributed by atoms with Crippen LogP contribution < -0.4 is 10.2 Å². The van der Waals surface area contributed by atoms with Crippen molar-refractivity contribution >= 4 is 12.6 Å². The lowest BCUT2D eigenvalue weighted by atomic mass is 9.78. The van der Waals surface area contributed by atoms with Gasteiger partial charge in [-0.05, 0) is 34.1 Å². The van der Waals surface area contributed by atoms with Crippen LogP contribution in [0.3, 0.4) is 0 Å². The zero-order valence-electron chi connectivity index (χ0n) is 13.4. The number of ether oxygens (including phenoxy) is 1. The van der Waals surface area contributed by atoms with Gasteiger partial charge < -0.3 is 14.0 Å². The minimum Gasteiger partial charge on any atom is -0.488 e. The Morgan fingerprint density at radius 1 is 1.05 bits per heavy atom. The molecule has 0 unspecified atom stereocenters. The van der Waals surface area contributed by atoms with Crippen LogP contribution in [0.1, 0.15) is 41.0 Å². The SMILES string of the molecule is CCCOc1c(F)cc(F)c(B2OC(C)(C)C(C)(C)O2)c1F. The second kappa shape index (κ2) is 5.78. The molecule has 0 saturated carbocycles. The van der Waals surface area contributed by atoms with Gasteiger partial charge in [0, 0.05) is 6.07 Å². The third-order valence-electron chi connectivity index (χ3n) is 4.10. The van der Waals surface area contributed by atoms with E-state index in [2.05, 4.69) is 0 Å². The molecule has 7 heteroatoms. The van der Waals surface area contributed by atoms with Crippen LogP contribution in [-0.2, 0) is 9.31 Å². The largest absolute Gasteiger partial charge is 0.501 e. The zero-order valence-corrected chi connectivity index (χ0v) is 13.4. The Balaban J connectivity index is 2.44. The van der Waals surface area contributed by atoms with Gasteiger partial charge in [-0.2, -0.15) is 0 Å². The molecule has 1 fully saturated rings. The predicted molar refractivity (Wildman–Crippen MR) is 77.8 cm³/mol. The Bertz CT molecular complexity index is 560. The predicted octanol–water partition coefficient (Wildman–Crippen LogP) is 3.19. The topological polar surface area (TPSA) is 27.7 Å². The van der Waals surface area contributed by atoms with Crippen LogP contribution in [0.15, 0.2) is 6.07 Å². The second-order valence-electron chi connectivity index (χ2n) is 6.33. The van der Waals surface area contributed by atoms with Crippen molar-refractivity contribution in [3.8, 4) is 5.75 Å². The lowest BCUT2D eigenvalue weighted by molar-refractivity contribution is 0.00578. The van der Waals surface area contributed by atoms with Crippen LogP contribution in [0.2, 0.25) is 0 Å². The van der Waals surface area contributed by atoms with E-state index < -0.39 is 47.0 Å². The van der Waals surface area contributed by atoms with Crippen molar-refractivity contribution in [2.75, 3.05) is 6.61 Å². The molecule has 1 saturated heterocycles. The number of halogens is 3. The molecule has 0 atom stereocenters. The first-order valence-electron chi connectivity index (χ1n) is 7.26. The third kappa shape index (κ3) is 2.84. The molecule has 1 heterocycles. The molecule has 0 N–H and O–H groups in total. The maximum Gasteiger partial charge on any atom is 0.501 e. The molecular formula is C15H20BF3O3. The molecule has 1 aromatic carbocycles. The lowest BCUT2D eigenvalue weighted by Gasteiger charge is -2.32. The highest BCUT2D eigenvalue weighted by atomic mass is 19.1. The lowest BCUT2D eigenvalue weighted by Crippen LogP contribution is -2.41. The second-order valence-corrected chi connectivity index (χ2v) is 6.33. The van der Waals surface area contributed by atoms with Gasteiger partial charge in [-0.3, -0.25) is 0 Å². The molecule has 0 spiro atoms. The van der Waals surface area contributed by atoms with Gasteiger partial charge in [0.05, 0.1) is 23.3 Å². The maximum atomic E-state index is 14.5. The first kappa shape index (κ1) is 17.2. The standard InChI is InChI=1S/C15H20BF3O3/c1-6-7-20-13-10(18)8-9(17)11(12(13)19)16-21-14(2,3)15(4,5)22-16/h8H,6-7H2,1-5H3. The van der Waals surface area contributed by atoms with Crippen molar-refractivity contribution < 1.29 is 27.2 Å². The number of rotatable bonds is 4. The average Bonchev–Trinajstić information content (AvgIpc) is 2.57. The molecule has 0 aromatic heterocycles. The van der Waals surface area contributed by atoms with Crippen molar-refractivity contribution in [1.29, 1.82) is 0 Å². The van der Waals surface area contributed by atoms with Crippen molar-refractivity contribution in [3.05, 3.63) is 23.5 Å². The summed E-state index contributed by atoms with van der Waals surface area (Å²) >= 11 is 0. The van der Waals surface area contributed by atoms with Gasteiger partial charge in [-0.25, -0.2) is 13.2 Å². The normalized spacial score (nSPS) is 19.5. The summed E-state index contributed by atoms with van der Waals surface area (Å²) in [7, 11) is -1.26. The van der Waals surface area contributed by atoms with E-state index in [1.54, 1.807) is 34.6 Å². The van der Waals surface area contributed by atoms with Crippen molar-refractivity contribution in [3.63, 3.8) is 0 Å². The molecule has 1 aliphatic heterocycles. The summed E-state index contributed by atoms with van der Waals surface area (Å²) in [6, 6.07) is 0.592. The fourth-order valence-electron chi connectivity index (χ4n) is 2.10. The molecule has 0 bridgehead atoms. The first-order chi connectivity index (χ1) is 10.1.